The van der Waals surface area contributed by atoms with Crippen molar-refractivity contribution in [2.75, 3.05) is 5.32 Å². The average Bonchev–Trinajstić information content (AvgIpc) is 2.35. The first kappa shape index (κ1) is 14.6. The smallest absolute Gasteiger partial charge is 0.152 e. The van der Waals surface area contributed by atoms with E-state index in [0.717, 1.165) is 0 Å². The number of anilines is 1. The minimum absolute atomic E-state index is 0.00540. The third kappa shape index (κ3) is 3.03. The van der Waals surface area contributed by atoms with Crippen LogP contribution in [0.5, 0.6) is 17.2 Å². The lowest BCUT2D eigenvalue weighted by molar-refractivity contribution is 0.444. The first-order valence-electron chi connectivity index (χ1n) is 5.85. The second-order valence-corrected chi connectivity index (χ2v) is 5.21. The number of halogens is 2. The zero-order valence-corrected chi connectivity index (χ0v) is 12.1. The van der Waals surface area contributed by atoms with E-state index in [0.29, 0.717) is 11.3 Å². The molecule has 2 aromatic carbocycles. The Balaban J connectivity index is 2.25. The largest absolute Gasteiger partial charge is 0.508 e. The summed E-state index contributed by atoms with van der Waals surface area (Å²) in [6.07, 6.45) is 0. The van der Waals surface area contributed by atoms with E-state index >= 15 is 0 Å². The minimum atomic E-state index is -0.243. The molecule has 0 aromatic heterocycles. The molecule has 20 heavy (non-hydrogen) atoms. The molecular weight excluding hydrogens is 301 g/mol. The van der Waals surface area contributed by atoms with Gasteiger partial charge in [-0.3, -0.25) is 0 Å². The predicted molar refractivity (Wildman–Crippen MR) is 79.9 cm³/mol. The van der Waals surface area contributed by atoms with Gasteiger partial charge in [0.2, 0.25) is 0 Å². The topological polar surface area (TPSA) is 72.7 Å². The standard InChI is InChI=1S/C14H13Cl2NO3/c1-7(10-3-2-9(18)6-13(10)19)17-8-4-11(15)14(20)12(16)5-8/h2-7,17-20H,1H3. The van der Waals surface area contributed by atoms with Crippen molar-refractivity contribution in [3.05, 3.63) is 45.9 Å². The molecule has 1 atom stereocenters. The van der Waals surface area contributed by atoms with Gasteiger partial charge in [0.25, 0.3) is 0 Å². The van der Waals surface area contributed by atoms with Crippen LogP contribution in [-0.2, 0) is 0 Å². The summed E-state index contributed by atoms with van der Waals surface area (Å²) in [4.78, 5) is 0. The number of nitrogens with one attached hydrogen (secondary N) is 1. The van der Waals surface area contributed by atoms with Crippen molar-refractivity contribution in [1.29, 1.82) is 0 Å². The highest BCUT2D eigenvalue weighted by Gasteiger charge is 2.13. The van der Waals surface area contributed by atoms with Gasteiger partial charge >= 0.3 is 0 Å². The number of phenolic OH excluding ortho intramolecular Hbond substituents is 3. The van der Waals surface area contributed by atoms with Gasteiger partial charge in [-0.2, -0.15) is 0 Å². The van der Waals surface area contributed by atoms with Crippen molar-refractivity contribution in [3.63, 3.8) is 0 Å². The maximum absolute atomic E-state index is 9.80. The van der Waals surface area contributed by atoms with E-state index in [9.17, 15) is 15.3 Å². The lowest BCUT2D eigenvalue weighted by Crippen LogP contribution is -2.06. The lowest BCUT2D eigenvalue weighted by Gasteiger charge is -2.17. The molecule has 0 saturated carbocycles. The Kier molecular flexibility index (Phi) is 4.16. The second-order valence-electron chi connectivity index (χ2n) is 4.40. The summed E-state index contributed by atoms with van der Waals surface area (Å²) < 4.78 is 0. The fourth-order valence-corrected chi connectivity index (χ4v) is 2.36. The Hall–Kier alpha value is -1.78. The number of aromatic hydroxyl groups is 3. The molecule has 0 fully saturated rings. The first-order chi connectivity index (χ1) is 9.38. The molecule has 6 heteroatoms. The van der Waals surface area contributed by atoms with E-state index in [1.807, 2.05) is 6.92 Å². The Morgan fingerprint density at radius 2 is 1.60 bits per heavy atom. The van der Waals surface area contributed by atoms with Crippen LogP contribution in [0.2, 0.25) is 10.0 Å². The Morgan fingerprint density at radius 1 is 1.00 bits per heavy atom. The molecule has 0 spiro atoms. The Morgan fingerprint density at radius 3 is 2.15 bits per heavy atom. The van der Waals surface area contributed by atoms with Crippen LogP contribution in [0.1, 0.15) is 18.5 Å². The number of benzene rings is 2. The molecule has 4 N–H and O–H groups in total. The van der Waals surface area contributed by atoms with Gasteiger partial charge in [-0.25, -0.2) is 0 Å². The lowest BCUT2D eigenvalue weighted by atomic mass is 10.1. The summed E-state index contributed by atoms with van der Waals surface area (Å²) in [6.45, 7) is 1.83. The van der Waals surface area contributed by atoms with Crippen molar-refractivity contribution in [3.8, 4) is 17.2 Å². The van der Waals surface area contributed by atoms with Gasteiger partial charge in [-0.1, -0.05) is 23.2 Å². The van der Waals surface area contributed by atoms with Gasteiger partial charge in [0.15, 0.2) is 5.75 Å². The number of rotatable bonds is 3. The molecule has 106 valence electrons. The van der Waals surface area contributed by atoms with E-state index in [2.05, 4.69) is 5.32 Å². The van der Waals surface area contributed by atoms with Crippen LogP contribution in [0.4, 0.5) is 5.69 Å². The van der Waals surface area contributed by atoms with Crippen LogP contribution >= 0.6 is 23.2 Å². The number of hydrogen-bond donors (Lipinski definition) is 4. The third-order valence-electron chi connectivity index (χ3n) is 2.88. The van der Waals surface area contributed by atoms with Gasteiger partial charge < -0.3 is 20.6 Å². The van der Waals surface area contributed by atoms with Crippen molar-refractivity contribution >= 4 is 28.9 Å². The fraction of sp³-hybridized carbons (Fsp3) is 0.143. The molecule has 4 nitrogen and oxygen atoms in total. The number of phenols is 3. The van der Waals surface area contributed by atoms with Crippen molar-refractivity contribution in [1.82, 2.24) is 0 Å². The molecule has 0 bridgehead atoms. The Bertz CT molecular complexity index is 623. The van der Waals surface area contributed by atoms with Crippen LogP contribution in [-0.4, -0.2) is 15.3 Å². The average molecular weight is 314 g/mol. The van der Waals surface area contributed by atoms with Crippen LogP contribution < -0.4 is 5.32 Å². The van der Waals surface area contributed by atoms with Crippen LogP contribution in [0.25, 0.3) is 0 Å². The molecule has 1 unspecified atom stereocenters. The molecule has 0 aliphatic rings. The highest BCUT2D eigenvalue weighted by molar-refractivity contribution is 6.37. The van der Waals surface area contributed by atoms with Crippen molar-refractivity contribution < 1.29 is 15.3 Å². The maximum atomic E-state index is 9.80. The fourth-order valence-electron chi connectivity index (χ4n) is 1.87. The van der Waals surface area contributed by atoms with Crippen molar-refractivity contribution in [2.45, 2.75) is 13.0 Å². The van der Waals surface area contributed by atoms with Crippen LogP contribution in [0.3, 0.4) is 0 Å². The van der Waals surface area contributed by atoms with E-state index in [-0.39, 0.29) is 33.3 Å². The summed E-state index contributed by atoms with van der Waals surface area (Å²) in [5.41, 5.74) is 1.22. The number of hydrogen-bond acceptors (Lipinski definition) is 4. The van der Waals surface area contributed by atoms with Crippen molar-refractivity contribution in [2.24, 2.45) is 0 Å². The molecular formula is C14H13Cl2NO3. The Labute approximate surface area is 126 Å². The summed E-state index contributed by atoms with van der Waals surface area (Å²) in [6, 6.07) is 7.21. The van der Waals surface area contributed by atoms with E-state index in [1.165, 1.54) is 24.3 Å². The molecule has 0 saturated heterocycles. The highest BCUT2D eigenvalue weighted by atomic mass is 35.5. The normalized spacial score (nSPS) is 12.2. The van der Waals surface area contributed by atoms with E-state index < -0.39 is 0 Å². The molecule has 2 aromatic rings. The van der Waals surface area contributed by atoms with Gasteiger partial charge in [-0.05, 0) is 31.2 Å². The predicted octanol–water partition coefficient (Wildman–Crippen LogP) is 4.28. The second kappa shape index (κ2) is 5.69. The van der Waals surface area contributed by atoms with Gasteiger partial charge in [0, 0.05) is 17.3 Å². The minimum Gasteiger partial charge on any atom is -0.508 e. The molecule has 0 radical (unpaired) electrons. The summed E-state index contributed by atoms with van der Waals surface area (Å²) in [5, 5.41) is 32.0. The van der Waals surface area contributed by atoms with Gasteiger partial charge in [-0.15, -0.1) is 0 Å². The van der Waals surface area contributed by atoms with E-state index in [4.69, 9.17) is 23.2 Å². The van der Waals surface area contributed by atoms with Crippen LogP contribution in [0, 0.1) is 0 Å². The SMILES string of the molecule is CC(Nc1cc(Cl)c(O)c(Cl)c1)c1ccc(O)cc1O. The maximum Gasteiger partial charge on any atom is 0.152 e. The van der Waals surface area contributed by atoms with Gasteiger partial charge in [0.1, 0.15) is 11.5 Å². The highest BCUT2D eigenvalue weighted by Crippen LogP contribution is 2.36. The molecule has 0 aliphatic carbocycles. The zero-order valence-electron chi connectivity index (χ0n) is 10.6. The molecule has 0 amide bonds. The van der Waals surface area contributed by atoms with Gasteiger partial charge in [0.05, 0.1) is 16.1 Å². The molecule has 2 rings (SSSR count). The summed E-state index contributed by atoms with van der Waals surface area (Å²) in [7, 11) is 0. The monoisotopic (exact) mass is 313 g/mol. The van der Waals surface area contributed by atoms with Crippen LogP contribution in [0.15, 0.2) is 30.3 Å². The quantitative estimate of drug-likeness (QED) is 0.638. The first-order valence-corrected chi connectivity index (χ1v) is 6.60. The molecule has 0 aliphatic heterocycles. The molecule has 0 heterocycles. The van der Waals surface area contributed by atoms with E-state index in [1.54, 1.807) is 6.07 Å². The summed E-state index contributed by atoms with van der Waals surface area (Å²) >= 11 is 11.7. The zero-order chi connectivity index (χ0) is 14.9. The summed E-state index contributed by atoms with van der Waals surface area (Å²) in [5.74, 6) is -0.186. The third-order valence-corrected chi connectivity index (χ3v) is 3.46.